The van der Waals surface area contributed by atoms with Crippen molar-refractivity contribution in [3.63, 3.8) is 0 Å². The molecule has 1 unspecified atom stereocenters. The molecule has 2 aromatic rings. The molecule has 0 bridgehead atoms. The van der Waals surface area contributed by atoms with E-state index in [1.807, 2.05) is 12.3 Å². The second-order valence-electron chi connectivity index (χ2n) is 9.55. The molecule has 6 nitrogen and oxygen atoms in total. The van der Waals surface area contributed by atoms with E-state index >= 15 is 0 Å². The third-order valence-corrected chi connectivity index (χ3v) is 7.49. The number of pyridine rings is 1. The van der Waals surface area contributed by atoms with E-state index in [1.54, 1.807) is 0 Å². The maximum atomic E-state index is 10.7. The van der Waals surface area contributed by atoms with Gasteiger partial charge in [-0.1, -0.05) is 0 Å². The van der Waals surface area contributed by atoms with Crippen molar-refractivity contribution in [3.05, 3.63) is 30.1 Å². The maximum absolute atomic E-state index is 10.7. The number of ether oxygens (including phenoxy) is 1. The van der Waals surface area contributed by atoms with Crippen molar-refractivity contribution in [1.29, 1.82) is 0 Å². The van der Waals surface area contributed by atoms with Crippen LogP contribution in [0.1, 0.15) is 37.7 Å². The Balaban J connectivity index is 1.24. The molecule has 0 aliphatic carbocycles. The van der Waals surface area contributed by atoms with Crippen LogP contribution in [0.15, 0.2) is 24.5 Å². The highest BCUT2D eigenvalue weighted by Crippen LogP contribution is 2.41. The highest BCUT2D eigenvalue weighted by Gasteiger charge is 2.43. The summed E-state index contributed by atoms with van der Waals surface area (Å²) in [4.78, 5) is 9.70. The SMILES string of the molecule is Cn1cc(CN2CCC3(CC2)CC(O)CN(C2CCOCC2)C3)c2cccnc21. The van der Waals surface area contributed by atoms with E-state index in [9.17, 15) is 5.11 Å². The Kier molecular flexibility index (Phi) is 5.37. The molecule has 0 saturated carbocycles. The molecule has 3 saturated heterocycles. The van der Waals surface area contributed by atoms with Crippen LogP contribution in [0.2, 0.25) is 0 Å². The Morgan fingerprint density at radius 3 is 2.83 bits per heavy atom. The van der Waals surface area contributed by atoms with E-state index in [0.29, 0.717) is 6.04 Å². The van der Waals surface area contributed by atoms with Crippen LogP contribution in [0, 0.1) is 5.41 Å². The minimum absolute atomic E-state index is 0.178. The number of likely N-dealkylation sites (tertiary alicyclic amines) is 2. The molecule has 5 heterocycles. The number of rotatable bonds is 3. The first kappa shape index (κ1) is 19.5. The van der Waals surface area contributed by atoms with Gasteiger partial charge in [-0.2, -0.15) is 0 Å². The normalized spacial score (nSPS) is 27.0. The third kappa shape index (κ3) is 3.96. The molecule has 0 aromatic carbocycles. The average molecular weight is 399 g/mol. The van der Waals surface area contributed by atoms with Crippen molar-refractivity contribution in [2.45, 2.75) is 50.8 Å². The van der Waals surface area contributed by atoms with Gasteiger partial charge < -0.3 is 14.4 Å². The summed E-state index contributed by atoms with van der Waals surface area (Å²) in [5.74, 6) is 0. The van der Waals surface area contributed by atoms with Crippen molar-refractivity contribution >= 4 is 11.0 Å². The molecule has 3 aliphatic rings. The van der Waals surface area contributed by atoms with Crippen molar-refractivity contribution in [1.82, 2.24) is 19.4 Å². The molecular weight excluding hydrogens is 364 g/mol. The summed E-state index contributed by atoms with van der Waals surface area (Å²) in [6.45, 7) is 6.97. The first-order chi connectivity index (χ1) is 14.1. The van der Waals surface area contributed by atoms with Crippen molar-refractivity contribution in [2.75, 3.05) is 39.4 Å². The Bertz CT molecular complexity index is 837. The van der Waals surface area contributed by atoms with Gasteiger partial charge in [0.05, 0.1) is 6.10 Å². The van der Waals surface area contributed by atoms with Gasteiger partial charge in [-0.05, 0) is 68.3 Å². The molecule has 0 amide bonds. The minimum atomic E-state index is -0.178. The Morgan fingerprint density at radius 1 is 1.24 bits per heavy atom. The Morgan fingerprint density at radius 2 is 2.03 bits per heavy atom. The van der Waals surface area contributed by atoms with Gasteiger partial charge in [0.25, 0.3) is 0 Å². The van der Waals surface area contributed by atoms with Crippen LogP contribution in [0.3, 0.4) is 0 Å². The zero-order chi connectivity index (χ0) is 19.8. The second kappa shape index (κ2) is 7.99. The van der Waals surface area contributed by atoms with Gasteiger partial charge in [0.15, 0.2) is 0 Å². The molecule has 3 aliphatic heterocycles. The topological polar surface area (TPSA) is 53.8 Å². The van der Waals surface area contributed by atoms with E-state index in [-0.39, 0.29) is 11.5 Å². The molecule has 6 heteroatoms. The fourth-order valence-corrected chi connectivity index (χ4v) is 5.93. The van der Waals surface area contributed by atoms with E-state index in [0.717, 1.165) is 70.8 Å². The zero-order valence-corrected chi connectivity index (χ0v) is 17.6. The monoisotopic (exact) mass is 398 g/mol. The van der Waals surface area contributed by atoms with Crippen LogP contribution in [0.4, 0.5) is 0 Å². The van der Waals surface area contributed by atoms with Crippen molar-refractivity contribution in [2.24, 2.45) is 12.5 Å². The summed E-state index contributed by atoms with van der Waals surface area (Å²) >= 11 is 0. The average Bonchev–Trinajstić information content (AvgIpc) is 3.06. The van der Waals surface area contributed by atoms with Crippen molar-refractivity contribution < 1.29 is 9.84 Å². The number of aliphatic hydroxyl groups is 1. The molecule has 5 rings (SSSR count). The summed E-state index contributed by atoms with van der Waals surface area (Å²) in [6, 6.07) is 4.81. The molecule has 3 fully saturated rings. The number of hydrogen-bond donors (Lipinski definition) is 1. The Labute approximate surface area is 173 Å². The Hall–Kier alpha value is -1.47. The van der Waals surface area contributed by atoms with Crippen LogP contribution < -0.4 is 0 Å². The third-order valence-electron chi connectivity index (χ3n) is 7.49. The summed E-state index contributed by atoms with van der Waals surface area (Å²) in [6.07, 6.45) is 9.50. The van der Waals surface area contributed by atoms with Crippen LogP contribution in [0.25, 0.3) is 11.0 Å². The number of fused-ring (bicyclic) bond motifs is 1. The smallest absolute Gasteiger partial charge is 0.139 e. The molecule has 29 heavy (non-hydrogen) atoms. The quantitative estimate of drug-likeness (QED) is 0.861. The van der Waals surface area contributed by atoms with Crippen LogP contribution in [0.5, 0.6) is 0 Å². The van der Waals surface area contributed by atoms with Gasteiger partial charge in [0.2, 0.25) is 0 Å². The number of β-amino-alcohol motifs (C(OH)–C–C–N with tert-alkyl or cyclic N) is 1. The number of nitrogens with zero attached hydrogens (tertiary/aromatic N) is 4. The van der Waals surface area contributed by atoms with Crippen LogP contribution in [-0.2, 0) is 18.3 Å². The number of aromatic nitrogens is 2. The number of aliphatic hydroxyl groups excluding tert-OH is 1. The molecule has 1 atom stereocenters. The first-order valence-corrected chi connectivity index (χ1v) is 11.2. The number of piperidine rings is 2. The first-order valence-electron chi connectivity index (χ1n) is 11.2. The molecule has 2 aromatic heterocycles. The second-order valence-corrected chi connectivity index (χ2v) is 9.55. The summed E-state index contributed by atoms with van der Waals surface area (Å²) < 4.78 is 7.69. The van der Waals surface area contributed by atoms with E-state index in [4.69, 9.17) is 4.74 Å². The van der Waals surface area contributed by atoms with Gasteiger partial charge >= 0.3 is 0 Å². The van der Waals surface area contributed by atoms with E-state index < -0.39 is 0 Å². The summed E-state index contributed by atoms with van der Waals surface area (Å²) in [5.41, 5.74) is 2.73. The van der Waals surface area contributed by atoms with Gasteiger partial charge in [-0.15, -0.1) is 0 Å². The lowest BCUT2D eigenvalue weighted by molar-refractivity contribution is -0.0726. The molecule has 0 radical (unpaired) electrons. The lowest BCUT2D eigenvalue weighted by Crippen LogP contribution is -2.56. The summed E-state index contributed by atoms with van der Waals surface area (Å²) in [5, 5.41) is 11.9. The fraction of sp³-hybridized carbons (Fsp3) is 0.696. The van der Waals surface area contributed by atoms with Crippen molar-refractivity contribution in [3.8, 4) is 0 Å². The van der Waals surface area contributed by atoms with E-state index in [1.165, 1.54) is 23.8 Å². The largest absolute Gasteiger partial charge is 0.392 e. The molecule has 1 spiro atoms. The maximum Gasteiger partial charge on any atom is 0.139 e. The van der Waals surface area contributed by atoms with Crippen LogP contribution >= 0.6 is 0 Å². The van der Waals surface area contributed by atoms with Gasteiger partial charge in [0.1, 0.15) is 5.65 Å². The predicted octanol–water partition coefficient (Wildman–Crippen LogP) is 2.40. The molecular formula is C23H34N4O2. The number of aryl methyl sites for hydroxylation is 1. The fourth-order valence-electron chi connectivity index (χ4n) is 5.93. The highest BCUT2D eigenvalue weighted by atomic mass is 16.5. The van der Waals surface area contributed by atoms with Gasteiger partial charge in [-0.3, -0.25) is 9.80 Å². The number of hydrogen-bond acceptors (Lipinski definition) is 5. The lowest BCUT2D eigenvalue weighted by atomic mass is 9.71. The van der Waals surface area contributed by atoms with Crippen LogP contribution in [-0.4, -0.2) is 76.0 Å². The minimum Gasteiger partial charge on any atom is -0.392 e. The van der Waals surface area contributed by atoms with Gasteiger partial charge in [-0.25, -0.2) is 4.98 Å². The highest BCUT2D eigenvalue weighted by molar-refractivity contribution is 5.80. The predicted molar refractivity (Wildman–Crippen MR) is 114 cm³/mol. The molecule has 1 N–H and O–H groups in total. The standard InChI is InChI=1S/C23H34N4O2/c1-25-14-18(21-3-2-8-24-22(21)25)15-26-9-6-23(7-10-26)13-20(28)16-27(17-23)19-4-11-29-12-5-19/h2-3,8,14,19-20,28H,4-7,9-13,15-17H2,1H3. The van der Waals surface area contributed by atoms with Gasteiger partial charge in [0, 0.05) is 63.7 Å². The van der Waals surface area contributed by atoms with E-state index in [2.05, 4.69) is 38.7 Å². The lowest BCUT2D eigenvalue weighted by Gasteiger charge is -2.51. The zero-order valence-electron chi connectivity index (χ0n) is 17.6. The summed E-state index contributed by atoms with van der Waals surface area (Å²) in [7, 11) is 2.08. The molecule has 158 valence electrons.